The van der Waals surface area contributed by atoms with Gasteiger partial charge in [0.25, 0.3) is 0 Å². The Balaban J connectivity index is 3.17. The van der Waals surface area contributed by atoms with Gasteiger partial charge in [-0.25, -0.2) is 0 Å². The van der Waals surface area contributed by atoms with Crippen molar-refractivity contribution in [3.05, 3.63) is 25.5 Å². The second kappa shape index (κ2) is 3.32. The molecule has 0 aliphatic carbocycles. The molecule has 0 aromatic carbocycles. The number of rotatable bonds is 2. The lowest BCUT2D eigenvalue weighted by Crippen LogP contribution is -1.84. The highest BCUT2D eigenvalue weighted by Crippen LogP contribution is 2.34. The standard InChI is InChI=1S/C6H4BrNO3S/c1-3(9)5-2-4(7)6(12-5)8(10)11/h2H,1H3. The van der Waals surface area contributed by atoms with E-state index in [-0.39, 0.29) is 10.8 Å². The molecule has 0 bridgehead atoms. The lowest BCUT2D eigenvalue weighted by molar-refractivity contribution is -0.380. The molecule has 0 aliphatic rings. The summed E-state index contributed by atoms with van der Waals surface area (Å²) in [7, 11) is 0. The third-order valence-corrected chi connectivity index (χ3v) is 3.24. The Morgan fingerprint density at radius 3 is 2.58 bits per heavy atom. The maximum absolute atomic E-state index is 10.8. The van der Waals surface area contributed by atoms with Crippen LogP contribution in [-0.2, 0) is 0 Å². The zero-order valence-corrected chi connectivity index (χ0v) is 8.44. The van der Waals surface area contributed by atoms with E-state index in [1.807, 2.05) is 0 Å². The number of nitrogens with zero attached hydrogens (tertiary/aromatic N) is 1. The number of carbonyl (C=O) groups excluding carboxylic acids is 1. The molecule has 0 aliphatic heterocycles. The van der Waals surface area contributed by atoms with Crippen LogP contribution in [0.5, 0.6) is 0 Å². The first-order chi connectivity index (χ1) is 5.52. The van der Waals surface area contributed by atoms with Crippen LogP contribution in [0.25, 0.3) is 0 Å². The van der Waals surface area contributed by atoms with Crippen LogP contribution < -0.4 is 0 Å². The SMILES string of the molecule is CC(=O)c1cc(Br)c([N+](=O)[O-])s1. The lowest BCUT2D eigenvalue weighted by atomic mass is 10.4. The molecule has 0 fully saturated rings. The van der Waals surface area contributed by atoms with Crippen molar-refractivity contribution >= 4 is 38.1 Å². The molecule has 1 heterocycles. The van der Waals surface area contributed by atoms with E-state index in [2.05, 4.69) is 15.9 Å². The third-order valence-electron chi connectivity index (χ3n) is 1.18. The molecule has 12 heavy (non-hydrogen) atoms. The molecule has 1 rings (SSSR count). The van der Waals surface area contributed by atoms with Gasteiger partial charge in [-0.05, 0) is 28.9 Å². The van der Waals surface area contributed by atoms with Crippen molar-refractivity contribution < 1.29 is 9.72 Å². The number of hydrogen-bond donors (Lipinski definition) is 0. The maximum atomic E-state index is 10.8. The third kappa shape index (κ3) is 1.70. The first-order valence-electron chi connectivity index (χ1n) is 2.97. The molecule has 0 radical (unpaired) electrons. The largest absolute Gasteiger partial charge is 0.338 e. The van der Waals surface area contributed by atoms with Crippen molar-refractivity contribution in [2.75, 3.05) is 0 Å². The van der Waals surface area contributed by atoms with Gasteiger partial charge in [0.1, 0.15) is 4.47 Å². The smallest absolute Gasteiger partial charge is 0.294 e. The molecule has 6 heteroatoms. The highest BCUT2D eigenvalue weighted by molar-refractivity contribution is 9.10. The maximum Gasteiger partial charge on any atom is 0.338 e. The topological polar surface area (TPSA) is 60.2 Å². The zero-order valence-electron chi connectivity index (χ0n) is 6.04. The minimum Gasteiger partial charge on any atom is -0.294 e. The highest BCUT2D eigenvalue weighted by Gasteiger charge is 2.18. The van der Waals surface area contributed by atoms with Crippen LogP contribution in [0.1, 0.15) is 16.6 Å². The fourth-order valence-corrected chi connectivity index (χ4v) is 2.18. The Hall–Kier alpha value is -0.750. The van der Waals surface area contributed by atoms with E-state index in [4.69, 9.17) is 0 Å². The molecule has 1 aromatic rings. The van der Waals surface area contributed by atoms with Crippen molar-refractivity contribution in [1.29, 1.82) is 0 Å². The molecule has 0 N–H and O–H groups in total. The highest BCUT2D eigenvalue weighted by atomic mass is 79.9. The molecule has 64 valence electrons. The van der Waals surface area contributed by atoms with Gasteiger partial charge in [0.2, 0.25) is 0 Å². The van der Waals surface area contributed by atoms with Crippen LogP contribution in [0, 0.1) is 10.1 Å². The van der Waals surface area contributed by atoms with Crippen LogP contribution in [0.2, 0.25) is 0 Å². The van der Waals surface area contributed by atoms with Gasteiger partial charge in [-0.15, -0.1) is 0 Å². The van der Waals surface area contributed by atoms with Crippen molar-refractivity contribution in [2.24, 2.45) is 0 Å². The molecular weight excluding hydrogens is 246 g/mol. The van der Waals surface area contributed by atoms with Crippen molar-refractivity contribution in [3.63, 3.8) is 0 Å². The summed E-state index contributed by atoms with van der Waals surface area (Å²) in [6.07, 6.45) is 0. The summed E-state index contributed by atoms with van der Waals surface area (Å²) in [4.78, 5) is 21.0. The Bertz CT molecular complexity index is 347. The Labute approximate surface area is 80.5 Å². The molecular formula is C6H4BrNO3S. The van der Waals surface area contributed by atoms with Gasteiger partial charge < -0.3 is 0 Å². The summed E-state index contributed by atoms with van der Waals surface area (Å²) < 4.78 is 0.364. The van der Waals surface area contributed by atoms with Gasteiger partial charge in [0.05, 0.1) is 9.80 Å². The fraction of sp³-hybridized carbons (Fsp3) is 0.167. The van der Waals surface area contributed by atoms with E-state index in [0.717, 1.165) is 11.3 Å². The van der Waals surface area contributed by atoms with Gasteiger partial charge in [-0.3, -0.25) is 14.9 Å². The second-order valence-corrected chi connectivity index (χ2v) is 3.96. The van der Waals surface area contributed by atoms with Crippen molar-refractivity contribution in [3.8, 4) is 0 Å². The molecule has 0 saturated carbocycles. The van der Waals surface area contributed by atoms with E-state index in [1.54, 1.807) is 0 Å². The van der Waals surface area contributed by atoms with E-state index in [9.17, 15) is 14.9 Å². The number of hydrogen-bond acceptors (Lipinski definition) is 4. The van der Waals surface area contributed by atoms with Crippen LogP contribution in [0.15, 0.2) is 10.5 Å². The van der Waals surface area contributed by atoms with Gasteiger partial charge in [-0.1, -0.05) is 11.3 Å². The quantitative estimate of drug-likeness (QED) is 0.460. The van der Waals surface area contributed by atoms with Crippen molar-refractivity contribution in [1.82, 2.24) is 0 Å². The minimum absolute atomic E-state index is 0.0276. The number of nitro groups is 1. The monoisotopic (exact) mass is 249 g/mol. The number of thiophene rings is 1. The summed E-state index contributed by atoms with van der Waals surface area (Å²) in [5.41, 5.74) is 0. The lowest BCUT2D eigenvalue weighted by Gasteiger charge is -1.82. The van der Waals surface area contributed by atoms with E-state index in [1.165, 1.54) is 13.0 Å². The molecule has 4 nitrogen and oxygen atoms in total. The normalized spacial score (nSPS) is 9.83. The first kappa shape index (κ1) is 9.34. The van der Waals surface area contributed by atoms with Crippen LogP contribution in [-0.4, -0.2) is 10.7 Å². The Kier molecular flexibility index (Phi) is 2.58. The summed E-state index contributed by atoms with van der Waals surface area (Å²) in [6, 6.07) is 1.46. The summed E-state index contributed by atoms with van der Waals surface area (Å²) in [5.74, 6) is -0.159. The van der Waals surface area contributed by atoms with Crippen LogP contribution >= 0.6 is 27.3 Å². The minimum atomic E-state index is -0.513. The van der Waals surface area contributed by atoms with Crippen LogP contribution in [0.4, 0.5) is 5.00 Å². The fourth-order valence-electron chi connectivity index (χ4n) is 0.657. The molecule has 0 atom stereocenters. The zero-order chi connectivity index (χ0) is 9.30. The number of ketones is 1. The molecule has 1 aromatic heterocycles. The second-order valence-electron chi connectivity index (χ2n) is 2.08. The summed E-state index contributed by atoms with van der Waals surface area (Å²) >= 11 is 3.88. The van der Waals surface area contributed by atoms with E-state index < -0.39 is 4.92 Å². The number of Topliss-reactive ketones (excluding diaryl/α,β-unsaturated/α-hetero) is 1. The Morgan fingerprint density at radius 1 is 1.75 bits per heavy atom. The first-order valence-corrected chi connectivity index (χ1v) is 4.58. The predicted molar refractivity (Wildman–Crippen MR) is 48.7 cm³/mol. The molecule has 0 amide bonds. The van der Waals surface area contributed by atoms with Gasteiger partial charge >= 0.3 is 5.00 Å². The molecule has 0 spiro atoms. The van der Waals surface area contributed by atoms with Crippen molar-refractivity contribution in [2.45, 2.75) is 6.92 Å². The average Bonchev–Trinajstić information content (AvgIpc) is 2.30. The van der Waals surface area contributed by atoms with E-state index >= 15 is 0 Å². The van der Waals surface area contributed by atoms with Gasteiger partial charge in [0, 0.05) is 0 Å². The van der Waals surface area contributed by atoms with E-state index in [0.29, 0.717) is 9.35 Å². The van der Waals surface area contributed by atoms with Crippen LogP contribution in [0.3, 0.4) is 0 Å². The summed E-state index contributed by atoms with van der Waals surface area (Å²) in [5, 5.41) is 10.3. The molecule has 0 unspecified atom stereocenters. The number of carbonyl (C=O) groups is 1. The summed E-state index contributed by atoms with van der Waals surface area (Å²) in [6.45, 7) is 1.38. The average molecular weight is 250 g/mol. The van der Waals surface area contributed by atoms with Gasteiger partial charge in [0.15, 0.2) is 5.78 Å². The van der Waals surface area contributed by atoms with Gasteiger partial charge in [-0.2, -0.15) is 0 Å². The molecule has 0 saturated heterocycles. The Morgan fingerprint density at radius 2 is 2.33 bits per heavy atom. The number of halogens is 1. The predicted octanol–water partition coefficient (Wildman–Crippen LogP) is 2.62.